The Hall–Kier alpha value is -1.11. The van der Waals surface area contributed by atoms with Crippen molar-refractivity contribution in [1.29, 1.82) is 0 Å². The maximum absolute atomic E-state index is 11.1. The number of thioether (sulfide) groups is 1. The highest BCUT2D eigenvalue weighted by Crippen LogP contribution is 2.35. The van der Waals surface area contributed by atoms with E-state index < -0.39 is 10.7 Å². The van der Waals surface area contributed by atoms with E-state index in [9.17, 15) is 4.79 Å². The molecule has 0 spiro atoms. The molecule has 0 amide bonds. The number of carboxylic acid groups (broad SMARTS) is 1. The van der Waals surface area contributed by atoms with E-state index in [0.29, 0.717) is 11.2 Å². The van der Waals surface area contributed by atoms with Crippen molar-refractivity contribution < 1.29 is 9.90 Å². The summed E-state index contributed by atoms with van der Waals surface area (Å²) >= 11 is 1.21. The van der Waals surface area contributed by atoms with Crippen LogP contribution in [-0.4, -0.2) is 36.0 Å². The Labute approximate surface area is 110 Å². The van der Waals surface area contributed by atoms with Crippen LogP contribution in [0.5, 0.6) is 0 Å². The Bertz CT molecular complexity index is 426. The molecule has 0 bridgehead atoms. The average Bonchev–Trinajstić information content (AvgIpc) is 2.77. The lowest BCUT2D eigenvalue weighted by atomic mass is 9.96. The van der Waals surface area contributed by atoms with Crippen molar-refractivity contribution in [3.8, 4) is 0 Å². The largest absolute Gasteiger partial charge is 0.480 e. The first kappa shape index (κ1) is 13.3. The van der Waals surface area contributed by atoms with Gasteiger partial charge in [0.05, 0.1) is 6.04 Å². The fraction of sp³-hybridized carbons (Fsp3) is 0.818. The maximum Gasteiger partial charge on any atom is 0.319 e. The number of tetrazole rings is 1. The molecule has 6 nitrogen and oxygen atoms in total. The number of aromatic nitrogens is 4. The van der Waals surface area contributed by atoms with Crippen molar-refractivity contribution in [3.05, 3.63) is 0 Å². The molecule has 0 atom stereocenters. The van der Waals surface area contributed by atoms with Gasteiger partial charge in [-0.3, -0.25) is 4.79 Å². The molecule has 1 fully saturated rings. The zero-order valence-electron chi connectivity index (χ0n) is 10.7. The predicted molar refractivity (Wildman–Crippen MR) is 67.5 cm³/mol. The van der Waals surface area contributed by atoms with Crippen LogP contribution in [0, 0.1) is 0 Å². The molecule has 1 heterocycles. The molecule has 1 aliphatic rings. The second-order valence-electron chi connectivity index (χ2n) is 5.12. The molecular formula is C11H18N4O2S. The van der Waals surface area contributed by atoms with Gasteiger partial charge in [0.2, 0.25) is 5.16 Å². The van der Waals surface area contributed by atoms with Crippen molar-refractivity contribution in [1.82, 2.24) is 20.2 Å². The normalized spacial score (nSPS) is 17.9. The van der Waals surface area contributed by atoms with E-state index in [2.05, 4.69) is 15.5 Å². The molecule has 1 aromatic rings. The number of hydrogen-bond acceptors (Lipinski definition) is 5. The highest BCUT2D eigenvalue weighted by molar-refractivity contribution is 8.01. The second-order valence-corrected chi connectivity index (χ2v) is 6.71. The van der Waals surface area contributed by atoms with Gasteiger partial charge in [0.1, 0.15) is 4.75 Å². The van der Waals surface area contributed by atoms with Gasteiger partial charge in [0.25, 0.3) is 0 Å². The lowest BCUT2D eigenvalue weighted by Crippen LogP contribution is -2.28. The number of carbonyl (C=O) groups is 1. The van der Waals surface area contributed by atoms with Gasteiger partial charge in [-0.05, 0) is 37.1 Å². The van der Waals surface area contributed by atoms with Crippen LogP contribution in [0.2, 0.25) is 0 Å². The zero-order valence-corrected chi connectivity index (χ0v) is 11.5. The Morgan fingerprint density at radius 3 is 2.67 bits per heavy atom. The Morgan fingerprint density at radius 1 is 1.39 bits per heavy atom. The lowest BCUT2D eigenvalue weighted by Gasteiger charge is -2.24. The van der Waals surface area contributed by atoms with Crippen molar-refractivity contribution in [3.63, 3.8) is 0 Å². The maximum atomic E-state index is 11.1. The van der Waals surface area contributed by atoms with Crippen LogP contribution in [0.25, 0.3) is 0 Å². The summed E-state index contributed by atoms with van der Waals surface area (Å²) in [5.41, 5.74) is 0. The van der Waals surface area contributed by atoms with Crippen LogP contribution in [0.15, 0.2) is 5.16 Å². The molecule has 0 aliphatic heterocycles. The molecule has 0 radical (unpaired) electrons. The van der Waals surface area contributed by atoms with E-state index in [-0.39, 0.29) is 0 Å². The molecule has 100 valence electrons. The topological polar surface area (TPSA) is 80.9 Å². The standard InChI is InChI=1S/C11H18N4O2S/c1-11(2,9(16)17)18-10-12-13-14-15(10)8-6-4-3-5-7-8/h8H,3-7H2,1-2H3,(H,16,17). The summed E-state index contributed by atoms with van der Waals surface area (Å²) in [5.74, 6) is -0.856. The van der Waals surface area contributed by atoms with Gasteiger partial charge in [-0.2, -0.15) is 0 Å². The fourth-order valence-electron chi connectivity index (χ4n) is 2.08. The third-order valence-corrected chi connectivity index (χ3v) is 4.38. The van der Waals surface area contributed by atoms with Crippen LogP contribution < -0.4 is 0 Å². The zero-order chi connectivity index (χ0) is 13.2. The Balaban J connectivity index is 2.14. The average molecular weight is 270 g/mol. The lowest BCUT2D eigenvalue weighted by molar-refractivity contribution is -0.138. The van der Waals surface area contributed by atoms with Gasteiger partial charge < -0.3 is 5.11 Å². The van der Waals surface area contributed by atoms with E-state index in [1.165, 1.54) is 31.0 Å². The van der Waals surface area contributed by atoms with Crippen molar-refractivity contribution >= 4 is 17.7 Å². The molecule has 0 aromatic carbocycles. The smallest absolute Gasteiger partial charge is 0.319 e. The summed E-state index contributed by atoms with van der Waals surface area (Å²) in [4.78, 5) is 11.1. The first-order valence-electron chi connectivity index (χ1n) is 6.21. The molecule has 1 aromatic heterocycles. The molecule has 0 saturated heterocycles. The summed E-state index contributed by atoms with van der Waals surface area (Å²) in [6.07, 6.45) is 5.80. The van der Waals surface area contributed by atoms with E-state index in [1.807, 2.05) is 0 Å². The summed E-state index contributed by atoms with van der Waals surface area (Å²) in [7, 11) is 0. The minimum absolute atomic E-state index is 0.320. The molecule has 1 N–H and O–H groups in total. The first-order chi connectivity index (χ1) is 8.50. The quantitative estimate of drug-likeness (QED) is 0.844. The van der Waals surface area contributed by atoms with Crippen LogP contribution in [0.1, 0.15) is 52.0 Å². The van der Waals surface area contributed by atoms with E-state index in [4.69, 9.17) is 5.11 Å². The van der Waals surface area contributed by atoms with Crippen LogP contribution in [0.3, 0.4) is 0 Å². The summed E-state index contributed by atoms with van der Waals surface area (Å²) in [6, 6.07) is 0.320. The summed E-state index contributed by atoms with van der Waals surface area (Å²) in [5, 5.41) is 21.4. The van der Waals surface area contributed by atoms with Crippen molar-refractivity contribution in [2.24, 2.45) is 0 Å². The van der Waals surface area contributed by atoms with Gasteiger partial charge in [0.15, 0.2) is 0 Å². The molecule has 2 rings (SSSR count). The number of nitrogens with zero attached hydrogens (tertiary/aromatic N) is 4. The van der Waals surface area contributed by atoms with Crippen LogP contribution in [-0.2, 0) is 4.79 Å². The minimum atomic E-state index is -0.916. The third kappa shape index (κ3) is 2.82. The number of aliphatic carboxylic acids is 1. The summed E-state index contributed by atoms with van der Waals surface area (Å²) < 4.78 is 0.885. The fourth-order valence-corrected chi connectivity index (χ4v) is 2.98. The van der Waals surface area contributed by atoms with Gasteiger partial charge in [-0.25, -0.2) is 4.68 Å². The molecule has 1 saturated carbocycles. The van der Waals surface area contributed by atoms with Crippen molar-refractivity contribution in [2.75, 3.05) is 0 Å². The molecule has 0 unspecified atom stereocenters. The first-order valence-corrected chi connectivity index (χ1v) is 7.02. The van der Waals surface area contributed by atoms with Gasteiger partial charge in [-0.15, -0.1) is 5.10 Å². The molecule has 1 aliphatic carbocycles. The molecule has 7 heteroatoms. The number of hydrogen-bond donors (Lipinski definition) is 1. The van der Waals surface area contributed by atoms with Crippen LogP contribution in [0.4, 0.5) is 0 Å². The van der Waals surface area contributed by atoms with Gasteiger partial charge in [0, 0.05) is 0 Å². The van der Waals surface area contributed by atoms with Crippen LogP contribution >= 0.6 is 11.8 Å². The SMILES string of the molecule is CC(C)(Sc1nnnn1C1CCCCC1)C(=O)O. The van der Waals surface area contributed by atoms with E-state index in [0.717, 1.165) is 12.8 Å². The third-order valence-electron chi connectivity index (χ3n) is 3.24. The predicted octanol–water partition coefficient (Wildman–Crippen LogP) is 2.13. The van der Waals surface area contributed by atoms with Gasteiger partial charge >= 0.3 is 5.97 Å². The summed E-state index contributed by atoms with van der Waals surface area (Å²) in [6.45, 7) is 3.33. The molecule has 18 heavy (non-hydrogen) atoms. The highest BCUT2D eigenvalue weighted by Gasteiger charge is 2.32. The van der Waals surface area contributed by atoms with E-state index in [1.54, 1.807) is 18.5 Å². The Morgan fingerprint density at radius 2 is 2.06 bits per heavy atom. The van der Waals surface area contributed by atoms with Crippen molar-refractivity contribution in [2.45, 2.75) is 61.9 Å². The minimum Gasteiger partial charge on any atom is -0.480 e. The number of rotatable bonds is 4. The number of carboxylic acids is 1. The Kier molecular flexibility index (Phi) is 3.89. The molecular weight excluding hydrogens is 252 g/mol. The van der Waals surface area contributed by atoms with E-state index >= 15 is 0 Å². The van der Waals surface area contributed by atoms with Gasteiger partial charge in [-0.1, -0.05) is 31.0 Å². The second kappa shape index (κ2) is 5.26. The highest BCUT2D eigenvalue weighted by atomic mass is 32.2. The monoisotopic (exact) mass is 270 g/mol.